The lowest BCUT2D eigenvalue weighted by molar-refractivity contribution is 0.0695. The molecule has 1 N–H and O–H groups in total. The van der Waals surface area contributed by atoms with E-state index in [1.54, 1.807) is 6.20 Å². The molecular weight excluding hydrogens is 294 g/mol. The normalized spacial score (nSPS) is 10.3. The van der Waals surface area contributed by atoms with Crippen LogP contribution in [-0.2, 0) is 12.8 Å². The van der Waals surface area contributed by atoms with Crippen LogP contribution in [0.5, 0.6) is 0 Å². The van der Waals surface area contributed by atoms with E-state index >= 15 is 0 Å². The van der Waals surface area contributed by atoms with Crippen molar-refractivity contribution >= 4 is 21.9 Å². The summed E-state index contributed by atoms with van der Waals surface area (Å²) in [6.45, 7) is 0. The van der Waals surface area contributed by atoms with Gasteiger partial charge >= 0.3 is 5.97 Å². The highest BCUT2D eigenvalue weighted by Gasteiger charge is 2.09. The van der Waals surface area contributed by atoms with E-state index in [4.69, 9.17) is 5.11 Å². The maximum absolute atomic E-state index is 11.1. The smallest absolute Gasteiger partial charge is 0.336 e. The highest BCUT2D eigenvalue weighted by molar-refractivity contribution is 9.10. The third kappa shape index (κ3) is 2.96. The monoisotopic (exact) mass is 305 g/mol. The fourth-order valence-electron chi connectivity index (χ4n) is 1.81. The van der Waals surface area contributed by atoms with E-state index < -0.39 is 5.97 Å². The van der Waals surface area contributed by atoms with Gasteiger partial charge in [0.05, 0.1) is 5.56 Å². The summed E-state index contributed by atoms with van der Waals surface area (Å²) >= 11 is 3.49. The fourth-order valence-corrected chi connectivity index (χ4v) is 2.29. The van der Waals surface area contributed by atoms with Crippen molar-refractivity contribution in [3.63, 3.8) is 0 Å². The first kappa shape index (κ1) is 12.8. The number of aromatic nitrogens is 1. The predicted octanol–water partition coefficient (Wildman–Crippen LogP) is 3.33. The third-order valence-corrected chi connectivity index (χ3v) is 3.53. The number of hydrogen-bond acceptors (Lipinski definition) is 2. The average molecular weight is 306 g/mol. The topological polar surface area (TPSA) is 50.2 Å². The Morgan fingerprint density at radius 3 is 2.61 bits per heavy atom. The van der Waals surface area contributed by atoms with E-state index in [2.05, 4.69) is 20.9 Å². The predicted molar refractivity (Wildman–Crippen MR) is 72.7 cm³/mol. The SMILES string of the molecule is O=C(O)c1ccncc1CCc1ccccc1Br. The van der Waals surface area contributed by atoms with Crippen LogP contribution < -0.4 is 0 Å². The molecule has 1 heterocycles. The Bertz CT molecular complexity index is 569. The van der Waals surface area contributed by atoms with Gasteiger partial charge in [0.2, 0.25) is 0 Å². The number of hydrogen-bond donors (Lipinski definition) is 1. The molecule has 2 aromatic rings. The minimum absolute atomic E-state index is 0.331. The molecule has 0 amide bonds. The Kier molecular flexibility index (Phi) is 4.10. The Hall–Kier alpha value is -1.68. The molecule has 0 saturated heterocycles. The quantitative estimate of drug-likeness (QED) is 0.942. The molecule has 92 valence electrons. The van der Waals surface area contributed by atoms with Gasteiger partial charge in [0, 0.05) is 16.9 Å². The summed E-state index contributed by atoms with van der Waals surface area (Å²) in [5, 5.41) is 9.08. The van der Waals surface area contributed by atoms with Gasteiger partial charge in [-0.15, -0.1) is 0 Å². The van der Waals surface area contributed by atoms with Gasteiger partial charge in [0.15, 0.2) is 0 Å². The zero-order valence-corrected chi connectivity index (χ0v) is 11.2. The lowest BCUT2D eigenvalue weighted by Crippen LogP contribution is -2.04. The second-order valence-electron chi connectivity index (χ2n) is 3.93. The second-order valence-corrected chi connectivity index (χ2v) is 4.78. The van der Waals surface area contributed by atoms with Gasteiger partial charge in [-0.3, -0.25) is 4.98 Å². The molecule has 4 heteroatoms. The zero-order chi connectivity index (χ0) is 13.0. The molecule has 0 fully saturated rings. The second kappa shape index (κ2) is 5.78. The fraction of sp³-hybridized carbons (Fsp3) is 0.143. The van der Waals surface area contributed by atoms with E-state index in [-0.39, 0.29) is 0 Å². The Labute approximate surface area is 114 Å². The van der Waals surface area contributed by atoms with Gasteiger partial charge in [0.25, 0.3) is 0 Å². The molecule has 1 aromatic heterocycles. The van der Waals surface area contributed by atoms with Crippen LogP contribution in [-0.4, -0.2) is 16.1 Å². The molecule has 3 nitrogen and oxygen atoms in total. The molecular formula is C14H12BrNO2. The van der Waals surface area contributed by atoms with E-state index in [0.29, 0.717) is 12.0 Å². The minimum atomic E-state index is -0.903. The van der Waals surface area contributed by atoms with Crippen LogP contribution in [0, 0.1) is 0 Å². The number of carbonyl (C=O) groups is 1. The molecule has 0 radical (unpaired) electrons. The van der Waals surface area contributed by atoms with Crippen LogP contribution in [0.3, 0.4) is 0 Å². The molecule has 0 unspecified atom stereocenters. The van der Waals surface area contributed by atoms with Crippen LogP contribution in [0.2, 0.25) is 0 Å². The number of halogens is 1. The molecule has 0 aliphatic rings. The number of carboxylic acid groups (broad SMARTS) is 1. The van der Waals surface area contributed by atoms with Crippen molar-refractivity contribution < 1.29 is 9.90 Å². The van der Waals surface area contributed by atoms with Crippen LogP contribution in [0.1, 0.15) is 21.5 Å². The molecule has 0 saturated carbocycles. The van der Waals surface area contributed by atoms with Crippen LogP contribution in [0.25, 0.3) is 0 Å². The van der Waals surface area contributed by atoms with E-state index in [0.717, 1.165) is 22.0 Å². The lowest BCUT2D eigenvalue weighted by atomic mass is 10.0. The first-order chi connectivity index (χ1) is 8.68. The zero-order valence-electron chi connectivity index (χ0n) is 9.64. The minimum Gasteiger partial charge on any atom is -0.478 e. The summed E-state index contributed by atoms with van der Waals surface area (Å²) in [7, 11) is 0. The number of aryl methyl sites for hydroxylation is 2. The Morgan fingerprint density at radius 1 is 1.17 bits per heavy atom. The Balaban J connectivity index is 2.16. The largest absolute Gasteiger partial charge is 0.478 e. The number of nitrogens with zero attached hydrogens (tertiary/aromatic N) is 1. The van der Waals surface area contributed by atoms with E-state index in [9.17, 15) is 4.79 Å². The van der Waals surface area contributed by atoms with Crippen molar-refractivity contribution in [2.45, 2.75) is 12.8 Å². The first-order valence-corrected chi connectivity index (χ1v) is 6.37. The number of rotatable bonds is 4. The summed E-state index contributed by atoms with van der Waals surface area (Å²) < 4.78 is 1.05. The third-order valence-electron chi connectivity index (χ3n) is 2.76. The maximum atomic E-state index is 11.1. The van der Waals surface area contributed by atoms with Gasteiger partial charge < -0.3 is 5.11 Å². The molecule has 0 spiro atoms. The standard InChI is InChI=1S/C14H12BrNO2/c15-13-4-2-1-3-10(13)5-6-11-9-16-8-7-12(11)14(17)18/h1-4,7-9H,5-6H2,(H,17,18). The highest BCUT2D eigenvalue weighted by atomic mass is 79.9. The van der Waals surface area contributed by atoms with Gasteiger partial charge in [0.1, 0.15) is 0 Å². The molecule has 1 aromatic carbocycles. The molecule has 0 aliphatic heterocycles. The van der Waals surface area contributed by atoms with Crippen LogP contribution >= 0.6 is 15.9 Å². The molecule has 2 rings (SSSR count). The molecule has 0 aliphatic carbocycles. The molecule has 0 atom stereocenters. The van der Waals surface area contributed by atoms with Crippen LogP contribution in [0.15, 0.2) is 47.2 Å². The summed E-state index contributed by atoms with van der Waals surface area (Å²) in [4.78, 5) is 15.1. The molecule has 0 bridgehead atoms. The van der Waals surface area contributed by atoms with Gasteiger partial charge in [-0.25, -0.2) is 4.79 Å². The first-order valence-electron chi connectivity index (χ1n) is 5.58. The number of pyridine rings is 1. The number of aromatic carboxylic acids is 1. The van der Waals surface area contributed by atoms with Crippen molar-refractivity contribution in [2.75, 3.05) is 0 Å². The summed E-state index contributed by atoms with van der Waals surface area (Å²) in [6, 6.07) is 9.48. The summed E-state index contributed by atoms with van der Waals surface area (Å²) in [5.74, 6) is -0.903. The van der Waals surface area contributed by atoms with Gasteiger partial charge in [-0.1, -0.05) is 34.1 Å². The molecule has 18 heavy (non-hydrogen) atoms. The summed E-state index contributed by atoms with van der Waals surface area (Å²) in [5.41, 5.74) is 2.26. The maximum Gasteiger partial charge on any atom is 0.336 e. The Morgan fingerprint density at radius 2 is 1.89 bits per heavy atom. The van der Waals surface area contributed by atoms with Crippen molar-refractivity contribution in [2.24, 2.45) is 0 Å². The van der Waals surface area contributed by atoms with E-state index in [1.165, 1.54) is 12.3 Å². The highest BCUT2D eigenvalue weighted by Crippen LogP contribution is 2.19. The summed E-state index contributed by atoms with van der Waals surface area (Å²) in [6.07, 6.45) is 4.58. The number of carboxylic acids is 1. The van der Waals surface area contributed by atoms with E-state index in [1.807, 2.05) is 24.3 Å². The van der Waals surface area contributed by atoms with Crippen molar-refractivity contribution in [1.82, 2.24) is 4.98 Å². The van der Waals surface area contributed by atoms with Gasteiger partial charge in [-0.05, 0) is 36.1 Å². The lowest BCUT2D eigenvalue weighted by Gasteiger charge is -2.06. The van der Waals surface area contributed by atoms with Crippen molar-refractivity contribution in [1.29, 1.82) is 0 Å². The van der Waals surface area contributed by atoms with Crippen molar-refractivity contribution in [3.05, 3.63) is 63.9 Å². The average Bonchev–Trinajstić information content (AvgIpc) is 2.38. The van der Waals surface area contributed by atoms with Crippen LogP contribution in [0.4, 0.5) is 0 Å². The number of benzene rings is 1. The van der Waals surface area contributed by atoms with Gasteiger partial charge in [-0.2, -0.15) is 0 Å². The van der Waals surface area contributed by atoms with Crippen molar-refractivity contribution in [3.8, 4) is 0 Å².